The number of nitrogens with one attached hydrogen (secondary N) is 1. The number of rotatable bonds is 2. The molecule has 3 heterocycles. The summed E-state index contributed by atoms with van der Waals surface area (Å²) in [4.78, 5) is 2.91. The van der Waals surface area contributed by atoms with Crippen LogP contribution in [-0.4, -0.2) is 36.6 Å². The van der Waals surface area contributed by atoms with Gasteiger partial charge in [-0.3, -0.25) is 4.90 Å². The van der Waals surface area contributed by atoms with Gasteiger partial charge in [0, 0.05) is 12.1 Å². The average Bonchev–Trinajstić information content (AvgIpc) is 2.35. The molecule has 0 aromatic carbocycles. The van der Waals surface area contributed by atoms with Crippen LogP contribution in [0.25, 0.3) is 0 Å². The Bertz CT molecular complexity index is 239. The van der Waals surface area contributed by atoms with Gasteiger partial charge in [-0.05, 0) is 57.2 Å². The highest BCUT2D eigenvalue weighted by Gasteiger charge is 2.44. The van der Waals surface area contributed by atoms with E-state index in [4.69, 9.17) is 0 Å². The van der Waals surface area contributed by atoms with E-state index in [0.717, 1.165) is 23.9 Å². The van der Waals surface area contributed by atoms with E-state index in [1.807, 2.05) is 0 Å². The molecule has 0 aliphatic carbocycles. The minimum absolute atomic E-state index is 0.902. The van der Waals surface area contributed by atoms with Crippen molar-refractivity contribution in [1.82, 2.24) is 10.2 Å². The Morgan fingerprint density at radius 2 is 2.06 bits per heavy atom. The van der Waals surface area contributed by atoms with Crippen LogP contribution in [0.2, 0.25) is 0 Å². The first-order valence-corrected chi connectivity index (χ1v) is 7.36. The van der Waals surface area contributed by atoms with Gasteiger partial charge in [-0.25, -0.2) is 0 Å². The topological polar surface area (TPSA) is 15.3 Å². The van der Waals surface area contributed by atoms with Crippen LogP contribution < -0.4 is 5.32 Å². The lowest BCUT2D eigenvalue weighted by molar-refractivity contribution is -0.0417. The van der Waals surface area contributed by atoms with Crippen LogP contribution >= 0.6 is 0 Å². The molecular weight excluding hydrogens is 196 g/mol. The van der Waals surface area contributed by atoms with Crippen LogP contribution in [0.3, 0.4) is 0 Å². The van der Waals surface area contributed by atoms with E-state index in [1.54, 1.807) is 0 Å². The molecular formula is C14H26N2. The zero-order valence-electron chi connectivity index (χ0n) is 10.6. The molecule has 0 saturated carbocycles. The molecule has 0 spiro atoms. The van der Waals surface area contributed by atoms with Crippen LogP contribution in [0.15, 0.2) is 0 Å². The Kier molecular flexibility index (Phi) is 3.21. The van der Waals surface area contributed by atoms with Gasteiger partial charge in [0.05, 0.1) is 0 Å². The van der Waals surface area contributed by atoms with Crippen molar-refractivity contribution in [3.05, 3.63) is 0 Å². The standard InChI is InChI=1S/C14H26N2/c1-2-5-13-11-8-12(10-15-9-11)14-6-3-4-7-16(13)14/h11-15H,2-10H2,1H3/t11-,12+,13-,14-/m0/s1. The Labute approximate surface area is 99.8 Å². The Morgan fingerprint density at radius 1 is 1.19 bits per heavy atom. The Balaban J connectivity index is 1.79. The molecule has 3 rings (SSSR count). The molecule has 2 bridgehead atoms. The number of piperidine rings is 3. The van der Waals surface area contributed by atoms with Gasteiger partial charge in [0.2, 0.25) is 0 Å². The molecule has 0 aromatic heterocycles. The normalized spacial score (nSPS) is 44.1. The van der Waals surface area contributed by atoms with E-state index < -0.39 is 0 Å². The zero-order valence-corrected chi connectivity index (χ0v) is 10.6. The van der Waals surface area contributed by atoms with Crippen LogP contribution in [0.1, 0.15) is 45.4 Å². The summed E-state index contributed by atoms with van der Waals surface area (Å²) < 4.78 is 0. The van der Waals surface area contributed by atoms with Crippen LogP contribution in [-0.2, 0) is 0 Å². The van der Waals surface area contributed by atoms with Gasteiger partial charge in [-0.1, -0.05) is 19.8 Å². The van der Waals surface area contributed by atoms with E-state index in [0.29, 0.717) is 0 Å². The fourth-order valence-electron chi connectivity index (χ4n) is 4.46. The maximum Gasteiger partial charge on any atom is 0.0139 e. The van der Waals surface area contributed by atoms with Gasteiger partial charge in [-0.15, -0.1) is 0 Å². The van der Waals surface area contributed by atoms with Crippen molar-refractivity contribution in [3.8, 4) is 0 Å². The van der Waals surface area contributed by atoms with E-state index in [2.05, 4.69) is 17.1 Å². The molecule has 0 amide bonds. The molecule has 0 unspecified atom stereocenters. The van der Waals surface area contributed by atoms with Gasteiger partial charge < -0.3 is 5.32 Å². The number of fused-ring (bicyclic) bond motifs is 4. The van der Waals surface area contributed by atoms with Crippen molar-refractivity contribution >= 4 is 0 Å². The SMILES string of the molecule is CCC[C@H]1[C@@H]2CNC[C@@H](C2)[C@@H]2CCCCN12. The summed E-state index contributed by atoms with van der Waals surface area (Å²) in [5.74, 6) is 1.92. The minimum Gasteiger partial charge on any atom is -0.316 e. The van der Waals surface area contributed by atoms with Gasteiger partial charge in [0.1, 0.15) is 0 Å². The lowest BCUT2D eigenvalue weighted by atomic mass is 9.72. The van der Waals surface area contributed by atoms with Crippen molar-refractivity contribution in [3.63, 3.8) is 0 Å². The van der Waals surface area contributed by atoms with Gasteiger partial charge >= 0.3 is 0 Å². The second-order valence-electron chi connectivity index (χ2n) is 6.07. The molecule has 3 fully saturated rings. The highest BCUT2D eigenvalue weighted by atomic mass is 15.2. The van der Waals surface area contributed by atoms with Crippen molar-refractivity contribution in [2.45, 2.75) is 57.5 Å². The summed E-state index contributed by atoms with van der Waals surface area (Å²) in [6.45, 7) is 6.31. The zero-order chi connectivity index (χ0) is 11.0. The van der Waals surface area contributed by atoms with Crippen molar-refractivity contribution in [2.24, 2.45) is 11.8 Å². The molecule has 92 valence electrons. The van der Waals surface area contributed by atoms with E-state index in [9.17, 15) is 0 Å². The number of nitrogens with zero attached hydrogens (tertiary/aromatic N) is 1. The minimum atomic E-state index is 0.902. The first-order valence-electron chi connectivity index (χ1n) is 7.36. The molecule has 4 atom stereocenters. The van der Waals surface area contributed by atoms with Crippen molar-refractivity contribution in [1.29, 1.82) is 0 Å². The summed E-state index contributed by atoms with van der Waals surface area (Å²) in [6, 6.07) is 1.83. The molecule has 2 heteroatoms. The first kappa shape index (κ1) is 11.0. The van der Waals surface area contributed by atoms with E-state index >= 15 is 0 Å². The van der Waals surface area contributed by atoms with E-state index in [-0.39, 0.29) is 0 Å². The van der Waals surface area contributed by atoms with Gasteiger partial charge in [0.15, 0.2) is 0 Å². The molecule has 3 saturated heterocycles. The van der Waals surface area contributed by atoms with Crippen molar-refractivity contribution in [2.75, 3.05) is 19.6 Å². The second kappa shape index (κ2) is 4.66. The van der Waals surface area contributed by atoms with Crippen molar-refractivity contribution < 1.29 is 0 Å². The van der Waals surface area contributed by atoms with Gasteiger partial charge in [-0.2, -0.15) is 0 Å². The maximum absolute atomic E-state index is 3.68. The quantitative estimate of drug-likeness (QED) is 0.771. The van der Waals surface area contributed by atoms with Crippen LogP contribution in [0.4, 0.5) is 0 Å². The molecule has 0 radical (unpaired) electrons. The third-order valence-electron chi connectivity index (χ3n) is 5.11. The summed E-state index contributed by atoms with van der Waals surface area (Å²) in [6.07, 6.45) is 8.69. The predicted octanol–water partition coefficient (Wildman–Crippen LogP) is 2.25. The smallest absolute Gasteiger partial charge is 0.0139 e. The number of hydrogen-bond donors (Lipinski definition) is 1. The largest absolute Gasteiger partial charge is 0.316 e. The third kappa shape index (κ3) is 1.80. The molecule has 16 heavy (non-hydrogen) atoms. The van der Waals surface area contributed by atoms with E-state index in [1.165, 1.54) is 58.2 Å². The number of hydrogen-bond acceptors (Lipinski definition) is 2. The van der Waals surface area contributed by atoms with Crippen LogP contribution in [0, 0.1) is 11.8 Å². The summed E-state index contributed by atoms with van der Waals surface area (Å²) in [5.41, 5.74) is 0. The maximum atomic E-state index is 3.68. The molecule has 3 aliphatic rings. The van der Waals surface area contributed by atoms with Crippen LogP contribution in [0.5, 0.6) is 0 Å². The Morgan fingerprint density at radius 3 is 2.94 bits per heavy atom. The monoisotopic (exact) mass is 222 g/mol. The summed E-state index contributed by atoms with van der Waals surface area (Å²) >= 11 is 0. The lowest BCUT2D eigenvalue weighted by Gasteiger charge is -2.55. The molecule has 2 nitrogen and oxygen atoms in total. The molecule has 3 aliphatic heterocycles. The summed E-state index contributed by atoms with van der Waals surface area (Å²) in [7, 11) is 0. The Hall–Kier alpha value is -0.0800. The third-order valence-corrected chi connectivity index (χ3v) is 5.11. The molecule has 0 aromatic rings. The fourth-order valence-corrected chi connectivity index (χ4v) is 4.46. The first-order chi connectivity index (χ1) is 7.90. The highest BCUT2D eigenvalue weighted by Crippen LogP contribution is 2.40. The predicted molar refractivity (Wildman–Crippen MR) is 67.5 cm³/mol. The molecule has 1 N–H and O–H groups in total. The summed E-state index contributed by atoms with van der Waals surface area (Å²) in [5, 5.41) is 3.68. The average molecular weight is 222 g/mol. The lowest BCUT2D eigenvalue weighted by Crippen LogP contribution is -2.62. The second-order valence-corrected chi connectivity index (χ2v) is 6.07. The van der Waals surface area contributed by atoms with Gasteiger partial charge in [0.25, 0.3) is 0 Å². The fraction of sp³-hybridized carbons (Fsp3) is 1.00. The highest BCUT2D eigenvalue weighted by molar-refractivity contribution is 4.99.